The maximum atomic E-state index is 13.6. The van der Waals surface area contributed by atoms with E-state index in [2.05, 4.69) is 16.7 Å². The van der Waals surface area contributed by atoms with Gasteiger partial charge < -0.3 is 25.2 Å². The molecule has 1 unspecified atom stereocenters. The predicted molar refractivity (Wildman–Crippen MR) is 153 cm³/mol. The summed E-state index contributed by atoms with van der Waals surface area (Å²) in [6.07, 6.45) is 0.466. The second-order valence-electron chi connectivity index (χ2n) is 12.3. The minimum absolute atomic E-state index is 0.0474. The quantitative estimate of drug-likeness (QED) is 0.325. The minimum Gasteiger partial charge on any atom is -0.488 e. The highest BCUT2D eigenvalue weighted by molar-refractivity contribution is 5.96. The van der Waals surface area contributed by atoms with E-state index in [1.54, 1.807) is 52.0 Å². The van der Waals surface area contributed by atoms with Gasteiger partial charge >= 0.3 is 6.09 Å². The van der Waals surface area contributed by atoms with Gasteiger partial charge in [0.25, 0.3) is 0 Å². The van der Waals surface area contributed by atoms with Gasteiger partial charge in [-0.1, -0.05) is 46.2 Å². The van der Waals surface area contributed by atoms with Crippen molar-refractivity contribution in [1.82, 2.24) is 10.6 Å². The Bertz CT molecular complexity index is 1060. The van der Waals surface area contributed by atoms with E-state index in [9.17, 15) is 24.8 Å². The molecule has 0 spiro atoms. The number of unbranched alkanes of at least 4 members (excludes halogenated alkanes) is 1. The van der Waals surface area contributed by atoms with Crippen LogP contribution in [-0.2, 0) is 14.3 Å². The van der Waals surface area contributed by atoms with Crippen molar-refractivity contribution in [2.24, 2.45) is 11.3 Å². The van der Waals surface area contributed by atoms with E-state index >= 15 is 0 Å². The molecule has 0 saturated carbocycles. The van der Waals surface area contributed by atoms with E-state index in [1.807, 2.05) is 20.8 Å². The van der Waals surface area contributed by atoms with Crippen LogP contribution in [0.15, 0.2) is 24.3 Å². The molecule has 1 aliphatic rings. The highest BCUT2D eigenvalue weighted by Gasteiger charge is 2.38. The van der Waals surface area contributed by atoms with Gasteiger partial charge in [-0.25, -0.2) is 4.79 Å². The second-order valence-corrected chi connectivity index (χ2v) is 12.3. The Morgan fingerprint density at radius 3 is 2.52 bits per heavy atom. The summed E-state index contributed by atoms with van der Waals surface area (Å²) < 4.78 is 11.1. The van der Waals surface area contributed by atoms with Crippen LogP contribution in [0.4, 0.5) is 10.5 Å². The number of alkyl carbamates (subject to hydrolysis) is 1. The number of carbonyl (C=O) groups is 3. The number of nitriles is 1. The largest absolute Gasteiger partial charge is 0.488 e. The lowest BCUT2D eigenvalue weighted by Crippen LogP contribution is -2.50. The summed E-state index contributed by atoms with van der Waals surface area (Å²) >= 11 is 0. The number of carbonyl (C=O) groups excluding carboxylic acids is 3. The van der Waals surface area contributed by atoms with Crippen molar-refractivity contribution in [3.63, 3.8) is 0 Å². The van der Waals surface area contributed by atoms with Crippen molar-refractivity contribution < 1.29 is 29.0 Å². The number of aliphatic hydroxyl groups is 1. The zero-order valence-corrected chi connectivity index (χ0v) is 25.0. The molecule has 40 heavy (non-hydrogen) atoms. The monoisotopic (exact) mass is 558 g/mol. The lowest BCUT2D eigenvalue weighted by atomic mass is 9.79. The summed E-state index contributed by atoms with van der Waals surface area (Å²) in [6.45, 7) is 13.4. The van der Waals surface area contributed by atoms with Crippen molar-refractivity contribution in [2.45, 2.75) is 104 Å². The van der Waals surface area contributed by atoms with E-state index in [4.69, 9.17) is 9.47 Å². The maximum Gasteiger partial charge on any atom is 0.407 e. The predicted octanol–water partition coefficient (Wildman–Crippen LogP) is 4.31. The van der Waals surface area contributed by atoms with Gasteiger partial charge in [0.15, 0.2) is 6.04 Å². The Morgan fingerprint density at radius 1 is 1.23 bits per heavy atom. The number of rotatable bonds is 12. The summed E-state index contributed by atoms with van der Waals surface area (Å²) in [4.78, 5) is 40.3. The van der Waals surface area contributed by atoms with E-state index in [-0.39, 0.29) is 37.7 Å². The van der Waals surface area contributed by atoms with E-state index in [0.717, 1.165) is 12.8 Å². The zero-order chi connectivity index (χ0) is 30.1. The van der Waals surface area contributed by atoms with Crippen LogP contribution in [0.25, 0.3) is 0 Å². The molecule has 4 atom stereocenters. The molecule has 1 heterocycles. The number of para-hydroxylation sites is 2. The van der Waals surface area contributed by atoms with Gasteiger partial charge in [0.05, 0.1) is 23.9 Å². The van der Waals surface area contributed by atoms with Crippen LogP contribution in [0.2, 0.25) is 0 Å². The Labute approximate surface area is 238 Å². The van der Waals surface area contributed by atoms with Crippen LogP contribution in [-0.4, -0.2) is 60.0 Å². The number of ether oxygens (including phenoxy) is 2. The van der Waals surface area contributed by atoms with Crippen LogP contribution in [0.3, 0.4) is 0 Å². The number of anilines is 1. The Morgan fingerprint density at radius 2 is 1.90 bits per heavy atom. The van der Waals surface area contributed by atoms with E-state index in [0.29, 0.717) is 18.0 Å². The van der Waals surface area contributed by atoms with Gasteiger partial charge in [-0.05, 0) is 57.6 Å². The molecule has 1 aliphatic heterocycles. The van der Waals surface area contributed by atoms with Gasteiger partial charge in [0, 0.05) is 18.9 Å². The third-order valence-corrected chi connectivity index (χ3v) is 6.69. The average Bonchev–Trinajstić information content (AvgIpc) is 2.85. The number of aliphatic hydroxyl groups excluding tert-OH is 1. The molecule has 10 nitrogen and oxygen atoms in total. The Kier molecular flexibility index (Phi) is 11.8. The van der Waals surface area contributed by atoms with Gasteiger partial charge in [-0.3, -0.25) is 14.5 Å². The minimum atomic E-state index is -1.07. The van der Waals surface area contributed by atoms with Gasteiger partial charge in [0.2, 0.25) is 11.8 Å². The number of hydrogen-bond donors (Lipinski definition) is 3. The fourth-order valence-corrected chi connectivity index (χ4v) is 4.69. The number of nitrogens with one attached hydrogen (secondary N) is 2. The summed E-state index contributed by atoms with van der Waals surface area (Å²) in [5, 5.41) is 26.5. The smallest absolute Gasteiger partial charge is 0.407 e. The Hall–Kier alpha value is -3.32. The van der Waals surface area contributed by atoms with Gasteiger partial charge in [0.1, 0.15) is 18.0 Å². The Balaban J connectivity index is 2.20. The standard InChI is InChI=1S/C30H46N4O6/c1-8-9-14-32-27(37)20(2)15-24(35)22(33-28(38)40-29(3,4)5)16-30(6,7)17-26(36)34-21(18-31)19-39-25-13-11-10-12-23(25)34/h10-13,20-22,24,35H,8-9,14-17,19H2,1-7H3,(H,32,37)(H,33,38)/t20-,21?,22+,24+/m1/s1. The van der Waals surface area contributed by atoms with Crippen LogP contribution in [0.1, 0.15) is 80.6 Å². The molecule has 3 N–H and O–H groups in total. The average molecular weight is 559 g/mol. The molecule has 0 fully saturated rings. The fraction of sp³-hybridized carbons (Fsp3) is 0.667. The van der Waals surface area contributed by atoms with E-state index < -0.39 is 41.2 Å². The highest BCUT2D eigenvalue weighted by Crippen LogP contribution is 2.37. The molecule has 0 radical (unpaired) electrons. The third-order valence-electron chi connectivity index (χ3n) is 6.69. The first-order valence-electron chi connectivity index (χ1n) is 14.1. The summed E-state index contributed by atoms with van der Waals surface area (Å²) in [6, 6.07) is 7.67. The summed E-state index contributed by atoms with van der Waals surface area (Å²) in [7, 11) is 0. The first kappa shape index (κ1) is 32.9. The van der Waals surface area contributed by atoms with Gasteiger partial charge in [-0.15, -0.1) is 0 Å². The van der Waals surface area contributed by atoms with Crippen molar-refractivity contribution >= 4 is 23.6 Å². The molecule has 0 saturated heterocycles. The molecule has 222 valence electrons. The first-order valence-corrected chi connectivity index (χ1v) is 14.1. The molecule has 0 aromatic heterocycles. The molecular weight excluding hydrogens is 512 g/mol. The lowest BCUT2D eigenvalue weighted by molar-refractivity contribution is -0.125. The molecule has 2 rings (SSSR count). The molecule has 1 aromatic rings. The van der Waals surface area contributed by atoms with Crippen LogP contribution in [0, 0.1) is 22.7 Å². The fourth-order valence-electron chi connectivity index (χ4n) is 4.69. The van der Waals surface area contributed by atoms with Crippen LogP contribution >= 0.6 is 0 Å². The number of benzene rings is 1. The number of fused-ring (bicyclic) bond motifs is 1. The molecule has 3 amide bonds. The van der Waals surface area contributed by atoms with E-state index in [1.165, 1.54) is 4.90 Å². The molecule has 0 bridgehead atoms. The molecule has 1 aromatic carbocycles. The SMILES string of the molecule is CCCCNC(=O)[C@H](C)C[C@H](O)[C@H](CC(C)(C)CC(=O)N1c2ccccc2OCC1C#N)NC(=O)OC(C)(C)C. The second kappa shape index (κ2) is 14.4. The number of nitrogens with zero attached hydrogens (tertiary/aromatic N) is 2. The van der Waals surface area contributed by atoms with Crippen molar-refractivity contribution in [1.29, 1.82) is 5.26 Å². The van der Waals surface area contributed by atoms with Crippen molar-refractivity contribution in [3.8, 4) is 11.8 Å². The maximum absolute atomic E-state index is 13.6. The topological polar surface area (TPSA) is 141 Å². The molecule has 10 heteroatoms. The third kappa shape index (κ3) is 10.0. The van der Waals surface area contributed by atoms with Crippen molar-refractivity contribution in [2.75, 3.05) is 18.1 Å². The van der Waals surface area contributed by atoms with Crippen LogP contribution < -0.4 is 20.3 Å². The lowest BCUT2D eigenvalue weighted by Gasteiger charge is -2.37. The number of hydrogen-bond acceptors (Lipinski definition) is 7. The van der Waals surface area contributed by atoms with Crippen LogP contribution in [0.5, 0.6) is 5.75 Å². The molecular formula is C30H46N4O6. The van der Waals surface area contributed by atoms with Gasteiger partial charge in [-0.2, -0.15) is 5.26 Å². The van der Waals surface area contributed by atoms with Crippen molar-refractivity contribution in [3.05, 3.63) is 24.3 Å². The molecule has 0 aliphatic carbocycles. The summed E-state index contributed by atoms with van der Waals surface area (Å²) in [5.41, 5.74) is -0.905. The summed E-state index contributed by atoms with van der Waals surface area (Å²) in [5.74, 6) is -0.375. The zero-order valence-electron chi connectivity index (χ0n) is 25.0. The highest BCUT2D eigenvalue weighted by atomic mass is 16.6. The normalized spacial score (nSPS) is 17.4. The number of amides is 3. The first-order chi connectivity index (χ1) is 18.7.